The van der Waals surface area contributed by atoms with E-state index >= 15 is 0 Å². The van der Waals surface area contributed by atoms with Gasteiger partial charge in [-0.2, -0.15) is 0 Å². The second-order valence-electron chi connectivity index (χ2n) is 4.66. The van der Waals surface area contributed by atoms with Gasteiger partial charge in [0, 0.05) is 31.0 Å². The number of nitrogens with one attached hydrogen (secondary N) is 2. The smallest absolute Gasteiger partial charge is 0.0499 e. The Balaban J connectivity index is 1.62. The number of rotatable bonds is 6. The molecule has 1 aliphatic rings. The predicted molar refractivity (Wildman–Crippen MR) is 60.7 cm³/mol. The average molecular weight is 208 g/mol. The Hall–Kier alpha value is -0.800. The molecular formula is C12H20N2O. The Morgan fingerprint density at radius 2 is 2.33 bits per heavy atom. The Kier molecular flexibility index (Phi) is 3.44. The fourth-order valence-electron chi connectivity index (χ4n) is 2.17. The third kappa shape index (κ3) is 2.61. The van der Waals surface area contributed by atoms with Crippen LogP contribution in [0.25, 0.3) is 0 Å². The summed E-state index contributed by atoms with van der Waals surface area (Å²) in [5.74, 6) is 0. The molecule has 0 radical (unpaired) electrons. The first-order chi connectivity index (χ1) is 7.35. The molecule has 0 unspecified atom stereocenters. The lowest BCUT2D eigenvalue weighted by atomic mass is 9.69. The molecule has 3 heteroatoms. The van der Waals surface area contributed by atoms with Crippen molar-refractivity contribution in [1.29, 1.82) is 0 Å². The summed E-state index contributed by atoms with van der Waals surface area (Å²) in [7, 11) is 0. The van der Waals surface area contributed by atoms with Gasteiger partial charge in [-0.05, 0) is 37.4 Å². The molecule has 0 aromatic carbocycles. The van der Waals surface area contributed by atoms with E-state index in [1.807, 2.05) is 12.4 Å². The minimum absolute atomic E-state index is 0.206. The standard InChI is InChI=1S/C12H20N2O/c15-10-12(4-1-5-12)9-14-7-3-11-2-6-13-8-11/h2,6,8,13-15H,1,3-5,7,9-10H2. The summed E-state index contributed by atoms with van der Waals surface area (Å²) in [5.41, 5.74) is 1.55. The lowest BCUT2D eigenvalue weighted by Gasteiger charge is -2.40. The number of aliphatic hydroxyl groups is 1. The van der Waals surface area contributed by atoms with Crippen LogP contribution in [0.15, 0.2) is 18.5 Å². The summed E-state index contributed by atoms with van der Waals surface area (Å²) in [6.07, 6.45) is 8.69. The van der Waals surface area contributed by atoms with E-state index in [9.17, 15) is 5.11 Å². The van der Waals surface area contributed by atoms with E-state index < -0.39 is 0 Å². The quantitative estimate of drug-likeness (QED) is 0.617. The zero-order chi connectivity index (χ0) is 10.6. The van der Waals surface area contributed by atoms with Crippen molar-refractivity contribution in [2.45, 2.75) is 25.7 Å². The maximum absolute atomic E-state index is 9.27. The Morgan fingerprint density at radius 3 is 2.87 bits per heavy atom. The number of aromatic amines is 1. The molecule has 3 nitrogen and oxygen atoms in total. The molecule has 1 heterocycles. The van der Waals surface area contributed by atoms with Crippen LogP contribution in [-0.2, 0) is 6.42 Å². The van der Waals surface area contributed by atoms with Crippen LogP contribution in [0.4, 0.5) is 0 Å². The summed E-state index contributed by atoms with van der Waals surface area (Å²) in [5, 5.41) is 12.7. The lowest BCUT2D eigenvalue weighted by Crippen LogP contribution is -2.43. The Morgan fingerprint density at radius 1 is 1.47 bits per heavy atom. The van der Waals surface area contributed by atoms with Crippen molar-refractivity contribution in [1.82, 2.24) is 10.3 Å². The van der Waals surface area contributed by atoms with Crippen molar-refractivity contribution in [3.8, 4) is 0 Å². The number of hydrogen-bond donors (Lipinski definition) is 3. The molecule has 2 rings (SSSR count). The van der Waals surface area contributed by atoms with Crippen molar-refractivity contribution < 1.29 is 5.11 Å². The maximum atomic E-state index is 9.27. The number of aliphatic hydroxyl groups excluding tert-OH is 1. The van der Waals surface area contributed by atoms with Crippen LogP contribution in [-0.4, -0.2) is 29.8 Å². The van der Waals surface area contributed by atoms with E-state index in [4.69, 9.17) is 0 Å². The van der Waals surface area contributed by atoms with E-state index in [1.165, 1.54) is 24.8 Å². The molecule has 3 N–H and O–H groups in total. The van der Waals surface area contributed by atoms with Crippen LogP contribution in [0.5, 0.6) is 0 Å². The van der Waals surface area contributed by atoms with Gasteiger partial charge in [-0.3, -0.25) is 0 Å². The van der Waals surface area contributed by atoms with Gasteiger partial charge >= 0.3 is 0 Å². The van der Waals surface area contributed by atoms with Gasteiger partial charge in [0.25, 0.3) is 0 Å². The third-order valence-corrected chi connectivity index (χ3v) is 3.50. The molecule has 0 saturated heterocycles. The molecule has 15 heavy (non-hydrogen) atoms. The van der Waals surface area contributed by atoms with Crippen LogP contribution < -0.4 is 5.32 Å². The summed E-state index contributed by atoms with van der Waals surface area (Å²) < 4.78 is 0. The SMILES string of the molecule is OCC1(CNCCc2cc[nH]c2)CCC1. The van der Waals surface area contributed by atoms with Crippen LogP contribution in [0.3, 0.4) is 0 Å². The largest absolute Gasteiger partial charge is 0.396 e. The molecule has 0 spiro atoms. The monoisotopic (exact) mass is 208 g/mol. The molecule has 0 bridgehead atoms. The third-order valence-electron chi connectivity index (χ3n) is 3.50. The van der Waals surface area contributed by atoms with E-state index in [-0.39, 0.29) is 5.41 Å². The van der Waals surface area contributed by atoms with E-state index in [2.05, 4.69) is 16.4 Å². The molecule has 0 atom stereocenters. The van der Waals surface area contributed by atoms with Gasteiger partial charge in [-0.1, -0.05) is 6.42 Å². The molecule has 84 valence electrons. The molecule has 1 fully saturated rings. The van der Waals surface area contributed by atoms with Gasteiger partial charge in [0.15, 0.2) is 0 Å². The summed E-state index contributed by atoms with van der Waals surface area (Å²) >= 11 is 0. The lowest BCUT2D eigenvalue weighted by molar-refractivity contribution is 0.0451. The van der Waals surface area contributed by atoms with Crippen molar-refractivity contribution in [2.24, 2.45) is 5.41 Å². The molecule has 1 aliphatic carbocycles. The number of hydrogen-bond acceptors (Lipinski definition) is 2. The summed E-state index contributed by atoms with van der Waals surface area (Å²) in [4.78, 5) is 3.05. The molecule has 1 saturated carbocycles. The van der Waals surface area contributed by atoms with Gasteiger partial charge in [-0.25, -0.2) is 0 Å². The van der Waals surface area contributed by atoms with Crippen LogP contribution in [0, 0.1) is 5.41 Å². The highest BCUT2D eigenvalue weighted by molar-refractivity contribution is 5.08. The normalized spacial score (nSPS) is 18.7. The Labute approximate surface area is 90.9 Å². The second kappa shape index (κ2) is 4.81. The van der Waals surface area contributed by atoms with Gasteiger partial charge in [0.2, 0.25) is 0 Å². The zero-order valence-electron chi connectivity index (χ0n) is 9.13. The van der Waals surface area contributed by atoms with Crippen molar-refractivity contribution in [2.75, 3.05) is 19.7 Å². The second-order valence-corrected chi connectivity index (χ2v) is 4.66. The van der Waals surface area contributed by atoms with Gasteiger partial charge < -0.3 is 15.4 Å². The summed E-state index contributed by atoms with van der Waals surface area (Å²) in [6.45, 7) is 2.30. The van der Waals surface area contributed by atoms with Crippen LogP contribution >= 0.6 is 0 Å². The molecule has 1 aromatic heterocycles. The molecule has 0 aliphatic heterocycles. The van der Waals surface area contributed by atoms with Gasteiger partial charge in [0.05, 0.1) is 0 Å². The minimum atomic E-state index is 0.206. The van der Waals surface area contributed by atoms with E-state index in [0.29, 0.717) is 6.61 Å². The fraction of sp³-hybridized carbons (Fsp3) is 0.667. The van der Waals surface area contributed by atoms with E-state index in [0.717, 1.165) is 19.5 Å². The zero-order valence-corrected chi connectivity index (χ0v) is 9.13. The van der Waals surface area contributed by atoms with Gasteiger partial charge in [-0.15, -0.1) is 0 Å². The van der Waals surface area contributed by atoms with Gasteiger partial charge in [0.1, 0.15) is 0 Å². The van der Waals surface area contributed by atoms with Crippen LogP contribution in [0.1, 0.15) is 24.8 Å². The molecule has 1 aromatic rings. The van der Waals surface area contributed by atoms with E-state index in [1.54, 1.807) is 0 Å². The first kappa shape index (κ1) is 10.7. The molecular weight excluding hydrogens is 188 g/mol. The van der Waals surface area contributed by atoms with Crippen molar-refractivity contribution in [3.63, 3.8) is 0 Å². The number of H-pyrrole nitrogens is 1. The predicted octanol–water partition coefficient (Wildman–Crippen LogP) is 1.31. The number of aromatic nitrogens is 1. The summed E-state index contributed by atoms with van der Waals surface area (Å²) in [6, 6.07) is 2.10. The first-order valence-electron chi connectivity index (χ1n) is 5.78. The average Bonchev–Trinajstić information content (AvgIpc) is 2.68. The topological polar surface area (TPSA) is 48.0 Å². The highest BCUT2D eigenvalue weighted by Crippen LogP contribution is 2.39. The maximum Gasteiger partial charge on any atom is 0.0499 e. The van der Waals surface area contributed by atoms with Crippen molar-refractivity contribution in [3.05, 3.63) is 24.0 Å². The van der Waals surface area contributed by atoms with Crippen molar-refractivity contribution >= 4 is 0 Å². The fourth-order valence-corrected chi connectivity index (χ4v) is 2.17. The Bertz CT molecular complexity index is 272. The first-order valence-corrected chi connectivity index (χ1v) is 5.78. The highest BCUT2D eigenvalue weighted by atomic mass is 16.3. The van der Waals surface area contributed by atoms with Crippen LogP contribution in [0.2, 0.25) is 0 Å². The molecule has 0 amide bonds. The minimum Gasteiger partial charge on any atom is -0.396 e. The highest BCUT2D eigenvalue weighted by Gasteiger charge is 2.35.